The molecule has 0 aliphatic rings. The summed E-state index contributed by atoms with van der Waals surface area (Å²) in [4.78, 5) is 23.6. The molecule has 0 amide bonds. The minimum Gasteiger partial charge on any atom is -0.422 e. The first-order chi connectivity index (χ1) is 10.1. The van der Waals surface area contributed by atoms with Crippen molar-refractivity contribution < 1.29 is 13.9 Å². The Morgan fingerprint density at radius 2 is 1.76 bits per heavy atom. The number of carbonyl (C=O) groups is 1. The lowest BCUT2D eigenvalue weighted by Crippen LogP contribution is -2.10. The Bertz CT molecular complexity index is 865. The van der Waals surface area contributed by atoms with E-state index in [2.05, 4.69) is 15.9 Å². The Labute approximate surface area is 128 Å². The molecule has 0 aliphatic heterocycles. The van der Waals surface area contributed by atoms with Crippen molar-refractivity contribution in [2.45, 2.75) is 0 Å². The van der Waals surface area contributed by atoms with E-state index in [0.29, 0.717) is 16.5 Å². The third-order valence-electron chi connectivity index (χ3n) is 2.89. The highest BCUT2D eigenvalue weighted by atomic mass is 79.9. The first-order valence-electron chi connectivity index (χ1n) is 6.14. The second-order valence-electron chi connectivity index (χ2n) is 4.32. The SMILES string of the molecule is O=C(Oc1cc(=O)oc2ccccc12)c1ccc(Br)cc1. The molecule has 0 saturated heterocycles. The zero-order valence-corrected chi connectivity index (χ0v) is 12.3. The molecule has 4 nitrogen and oxygen atoms in total. The van der Waals surface area contributed by atoms with E-state index in [4.69, 9.17) is 9.15 Å². The van der Waals surface area contributed by atoms with E-state index in [1.54, 1.807) is 48.5 Å². The first kappa shape index (κ1) is 13.6. The Kier molecular flexibility index (Phi) is 3.58. The number of hydrogen-bond acceptors (Lipinski definition) is 4. The lowest BCUT2D eigenvalue weighted by molar-refractivity contribution is 0.0736. The van der Waals surface area contributed by atoms with Crippen LogP contribution in [-0.2, 0) is 0 Å². The van der Waals surface area contributed by atoms with Crippen molar-refractivity contribution in [3.05, 3.63) is 75.1 Å². The van der Waals surface area contributed by atoms with Crippen molar-refractivity contribution in [1.82, 2.24) is 0 Å². The molecule has 3 aromatic rings. The van der Waals surface area contributed by atoms with Crippen LogP contribution in [0.15, 0.2) is 68.3 Å². The van der Waals surface area contributed by atoms with Crippen molar-refractivity contribution in [2.24, 2.45) is 0 Å². The molecular weight excluding hydrogens is 336 g/mol. The summed E-state index contributed by atoms with van der Waals surface area (Å²) in [5.74, 6) is -0.340. The quantitative estimate of drug-likeness (QED) is 0.524. The Morgan fingerprint density at radius 1 is 1.05 bits per heavy atom. The van der Waals surface area contributed by atoms with E-state index in [-0.39, 0.29) is 5.75 Å². The van der Waals surface area contributed by atoms with E-state index in [9.17, 15) is 9.59 Å². The summed E-state index contributed by atoms with van der Waals surface area (Å²) in [6, 6.07) is 14.8. The van der Waals surface area contributed by atoms with Gasteiger partial charge < -0.3 is 9.15 Å². The average molecular weight is 345 g/mol. The fourth-order valence-corrected chi connectivity index (χ4v) is 2.18. The molecule has 104 valence electrons. The van der Waals surface area contributed by atoms with Gasteiger partial charge in [0.05, 0.1) is 17.0 Å². The fraction of sp³-hybridized carbons (Fsp3) is 0. The van der Waals surface area contributed by atoms with Gasteiger partial charge in [0.15, 0.2) is 0 Å². The van der Waals surface area contributed by atoms with Gasteiger partial charge in [-0.1, -0.05) is 28.1 Å². The molecule has 0 saturated carbocycles. The van der Waals surface area contributed by atoms with E-state index >= 15 is 0 Å². The molecule has 1 aromatic heterocycles. The van der Waals surface area contributed by atoms with Gasteiger partial charge in [-0.3, -0.25) is 0 Å². The number of hydrogen-bond donors (Lipinski definition) is 0. The van der Waals surface area contributed by atoms with Gasteiger partial charge in [0.1, 0.15) is 11.3 Å². The maximum absolute atomic E-state index is 12.1. The number of benzene rings is 2. The summed E-state index contributed by atoms with van der Waals surface area (Å²) in [7, 11) is 0. The molecule has 5 heteroatoms. The van der Waals surface area contributed by atoms with Crippen LogP contribution in [0.25, 0.3) is 11.0 Å². The number of esters is 1. The number of halogens is 1. The molecule has 0 aliphatic carbocycles. The van der Waals surface area contributed by atoms with Crippen LogP contribution in [0.3, 0.4) is 0 Å². The summed E-state index contributed by atoms with van der Waals surface area (Å²) in [6.45, 7) is 0. The molecule has 0 bridgehead atoms. The van der Waals surface area contributed by atoms with Gasteiger partial charge in [-0.2, -0.15) is 0 Å². The minimum absolute atomic E-state index is 0.190. The van der Waals surface area contributed by atoms with Crippen LogP contribution in [0.5, 0.6) is 5.75 Å². The molecule has 1 heterocycles. The molecule has 0 atom stereocenters. The third-order valence-corrected chi connectivity index (χ3v) is 3.42. The van der Waals surface area contributed by atoms with Crippen molar-refractivity contribution in [2.75, 3.05) is 0 Å². The van der Waals surface area contributed by atoms with Crippen LogP contribution in [0.4, 0.5) is 0 Å². The van der Waals surface area contributed by atoms with Crippen LogP contribution in [0.1, 0.15) is 10.4 Å². The highest BCUT2D eigenvalue weighted by Crippen LogP contribution is 2.24. The molecular formula is C16H9BrO4. The molecule has 0 radical (unpaired) electrons. The predicted molar refractivity (Wildman–Crippen MR) is 81.6 cm³/mol. The average Bonchev–Trinajstić information content (AvgIpc) is 2.47. The zero-order chi connectivity index (χ0) is 14.8. The van der Waals surface area contributed by atoms with Crippen molar-refractivity contribution in [1.29, 1.82) is 0 Å². The fourth-order valence-electron chi connectivity index (χ4n) is 1.91. The van der Waals surface area contributed by atoms with Gasteiger partial charge in [-0.25, -0.2) is 9.59 Å². The Morgan fingerprint density at radius 3 is 2.52 bits per heavy atom. The topological polar surface area (TPSA) is 56.5 Å². The minimum atomic E-state index is -0.563. The maximum Gasteiger partial charge on any atom is 0.343 e. The zero-order valence-electron chi connectivity index (χ0n) is 10.7. The van der Waals surface area contributed by atoms with Crippen LogP contribution >= 0.6 is 15.9 Å². The number of para-hydroxylation sites is 1. The van der Waals surface area contributed by atoms with Gasteiger partial charge in [0.2, 0.25) is 0 Å². The number of carbonyl (C=O) groups excluding carboxylic acids is 1. The smallest absolute Gasteiger partial charge is 0.343 e. The van der Waals surface area contributed by atoms with Crippen LogP contribution in [0.2, 0.25) is 0 Å². The maximum atomic E-state index is 12.1. The second-order valence-corrected chi connectivity index (χ2v) is 5.24. The highest BCUT2D eigenvalue weighted by Gasteiger charge is 2.12. The summed E-state index contributed by atoms with van der Waals surface area (Å²) >= 11 is 3.30. The van der Waals surface area contributed by atoms with Crippen LogP contribution in [-0.4, -0.2) is 5.97 Å². The van der Waals surface area contributed by atoms with E-state index in [1.165, 1.54) is 6.07 Å². The van der Waals surface area contributed by atoms with E-state index in [1.807, 2.05) is 0 Å². The largest absolute Gasteiger partial charge is 0.422 e. The molecule has 21 heavy (non-hydrogen) atoms. The number of rotatable bonds is 2. The lowest BCUT2D eigenvalue weighted by atomic mass is 10.2. The molecule has 0 spiro atoms. The normalized spacial score (nSPS) is 10.5. The first-order valence-corrected chi connectivity index (χ1v) is 6.93. The van der Waals surface area contributed by atoms with Crippen LogP contribution in [0, 0.1) is 0 Å². The Balaban J connectivity index is 2.00. The Hall–Kier alpha value is -2.40. The van der Waals surface area contributed by atoms with E-state index < -0.39 is 11.6 Å². The standard InChI is InChI=1S/C16H9BrO4/c17-11-7-5-10(6-8-11)16(19)21-14-9-15(18)20-13-4-2-1-3-12(13)14/h1-9H. The molecule has 0 unspecified atom stereocenters. The number of ether oxygens (including phenoxy) is 1. The van der Waals surface area contributed by atoms with Gasteiger partial charge in [0.25, 0.3) is 0 Å². The van der Waals surface area contributed by atoms with Crippen molar-refractivity contribution in [3.8, 4) is 5.75 Å². The monoisotopic (exact) mass is 344 g/mol. The van der Waals surface area contributed by atoms with Crippen LogP contribution < -0.4 is 10.4 Å². The van der Waals surface area contributed by atoms with E-state index in [0.717, 1.165) is 4.47 Å². The van der Waals surface area contributed by atoms with Crippen molar-refractivity contribution >= 4 is 32.9 Å². The third kappa shape index (κ3) is 2.87. The lowest BCUT2D eigenvalue weighted by Gasteiger charge is -2.06. The van der Waals surface area contributed by atoms with Gasteiger partial charge in [-0.15, -0.1) is 0 Å². The second kappa shape index (κ2) is 5.54. The molecule has 0 fully saturated rings. The predicted octanol–water partition coefficient (Wildman–Crippen LogP) is 3.77. The highest BCUT2D eigenvalue weighted by molar-refractivity contribution is 9.10. The summed E-state index contributed by atoms with van der Waals surface area (Å²) < 4.78 is 11.2. The van der Waals surface area contributed by atoms with Crippen molar-refractivity contribution in [3.63, 3.8) is 0 Å². The summed E-state index contributed by atoms with van der Waals surface area (Å²) in [5, 5.41) is 0.572. The molecule has 0 N–H and O–H groups in total. The summed E-state index contributed by atoms with van der Waals surface area (Å²) in [5.41, 5.74) is 0.214. The summed E-state index contributed by atoms with van der Waals surface area (Å²) in [6.07, 6.45) is 0. The number of fused-ring (bicyclic) bond motifs is 1. The van der Waals surface area contributed by atoms with Gasteiger partial charge in [0, 0.05) is 4.47 Å². The van der Waals surface area contributed by atoms with Gasteiger partial charge >= 0.3 is 11.6 Å². The molecule has 2 aromatic carbocycles. The van der Waals surface area contributed by atoms with Gasteiger partial charge in [-0.05, 0) is 36.4 Å². The molecule has 3 rings (SSSR count).